The lowest BCUT2D eigenvalue weighted by Gasteiger charge is -2.28. The highest BCUT2D eigenvalue weighted by Crippen LogP contribution is 2.19. The second-order valence-electron chi connectivity index (χ2n) is 5.70. The van der Waals surface area contributed by atoms with Gasteiger partial charge in [-0.15, -0.1) is 0 Å². The Kier molecular flexibility index (Phi) is 9.27. The molecule has 0 unspecified atom stereocenters. The van der Waals surface area contributed by atoms with Gasteiger partial charge in [0.05, 0.1) is 11.3 Å². The number of aromatic nitrogens is 2. The SMILES string of the molecule is CN/C(C=N)=C(/N)C#N.N#CB1CCN(c2ccnc(/C(C=O)=C\N)n2)CC1. The van der Waals surface area contributed by atoms with Crippen LogP contribution in [0.3, 0.4) is 0 Å². The van der Waals surface area contributed by atoms with Crippen LogP contribution in [0.2, 0.25) is 12.6 Å². The third kappa shape index (κ3) is 6.14. The first kappa shape index (κ1) is 22.2. The fourth-order valence-electron chi connectivity index (χ4n) is 2.41. The topological polar surface area (TPSA) is 182 Å². The normalized spacial score (nSPS) is 14.5. The molecule has 1 aliphatic heterocycles. The van der Waals surface area contributed by atoms with Crippen LogP contribution in [0.5, 0.6) is 0 Å². The molecule has 10 nitrogen and oxygen atoms in total. The monoisotopic (exact) mass is 379 g/mol. The molecule has 6 N–H and O–H groups in total. The van der Waals surface area contributed by atoms with Crippen molar-refractivity contribution in [2.75, 3.05) is 25.0 Å². The third-order valence-electron chi connectivity index (χ3n) is 4.03. The lowest BCUT2D eigenvalue weighted by atomic mass is 9.45. The van der Waals surface area contributed by atoms with Crippen molar-refractivity contribution in [1.82, 2.24) is 15.3 Å². The number of carbonyl (C=O) groups is 1. The van der Waals surface area contributed by atoms with E-state index in [2.05, 4.69) is 26.2 Å². The van der Waals surface area contributed by atoms with Gasteiger partial charge in [0.15, 0.2) is 12.1 Å². The quantitative estimate of drug-likeness (QED) is 0.178. The number of hydrogen-bond acceptors (Lipinski definition) is 10. The van der Waals surface area contributed by atoms with Crippen LogP contribution in [-0.2, 0) is 4.79 Å². The number of carbonyl (C=O) groups excluding carboxylic acids is 1. The van der Waals surface area contributed by atoms with E-state index >= 15 is 0 Å². The molecule has 0 aliphatic carbocycles. The van der Waals surface area contributed by atoms with Crippen LogP contribution in [0, 0.1) is 28.0 Å². The van der Waals surface area contributed by atoms with Crippen LogP contribution in [0.25, 0.3) is 5.57 Å². The van der Waals surface area contributed by atoms with Gasteiger partial charge in [-0.2, -0.15) is 5.26 Å². The number of aldehydes is 1. The van der Waals surface area contributed by atoms with E-state index in [1.165, 1.54) is 6.20 Å². The van der Waals surface area contributed by atoms with Crippen LogP contribution in [0.1, 0.15) is 5.82 Å². The van der Waals surface area contributed by atoms with Gasteiger partial charge in [0, 0.05) is 44.7 Å². The number of nitrogens with zero attached hydrogens (tertiary/aromatic N) is 5. The number of nitrogens with one attached hydrogen (secondary N) is 2. The van der Waals surface area contributed by atoms with Crippen molar-refractivity contribution in [3.8, 4) is 12.0 Å². The van der Waals surface area contributed by atoms with Crippen molar-refractivity contribution >= 4 is 30.6 Å². The Balaban J connectivity index is 0.000000370. The summed E-state index contributed by atoms with van der Waals surface area (Å²) in [6.07, 6.45) is 6.13. The standard InChI is InChI=1S/C12H14BN5O.C5H8N4/c14-7-10(8-19)12-16-4-1-11(17-12)18-5-2-13(9-15)3-6-18;1-9-5(3-7)4(8)2-6/h1,4,7-8H,2-3,5-6,14H2;3,7,9H,8H2,1H3/b10-7-;5-4+,7-3?. The van der Waals surface area contributed by atoms with Gasteiger partial charge in [-0.3, -0.25) is 4.79 Å². The predicted molar refractivity (Wildman–Crippen MR) is 108 cm³/mol. The lowest BCUT2D eigenvalue weighted by molar-refractivity contribution is -0.103. The fraction of sp³-hybridized carbons (Fsp3) is 0.294. The van der Waals surface area contributed by atoms with Crippen molar-refractivity contribution in [2.45, 2.75) is 12.6 Å². The summed E-state index contributed by atoms with van der Waals surface area (Å²) < 4.78 is 0. The molecule has 1 aromatic heterocycles. The summed E-state index contributed by atoms with van der Waals surface area (Å²) >= 11 is 0. The van der Waals surface area contributed by atoms with Gasteiger partial charge < -0.3 is 27.1 Å². The summed E-state index contributed by atoms with van der Waals surface area (Å²) in [4.78, 5) is 21.3. The molecule has 2 rings (SSSR count). The smallest absolute Gasteiger partial charge is 0.271 e. The molecule has 1 aromatic rings. The Labute approximate surface area is 164 Å². The average Bonchev–Trinajstić information content (AvgIpc) is 2.76. The van der Waals surface area contributed by atoms with Crippen LogP contribution in [0.15, 0.2) is 29.9 Å². The van der Waals surface area contributed by atoms with Crippen molar-refractivity contribution in [3.05, 3.63) is 35.7 Å². The summed E-state index contributed by atoms with van der Waals surface area (Å²) in [7, 11) is 1.60. The highest BCUT2D eigenvalue weighted by atomic mass is 16.1. The van der Waals surface area contributed by atoms with Crippen molar-refractivity contribution in [2.24, 2.45) is 11.5 Å². The number of anilines is 1. The number of hydrogen-bond donors (Lipinski definition) is 4. The molecule has 28 heavy (non-hydrogen) atoms. The molecular formula is C17H22BN9O. The largest absolute Gasteiger partial charge is 0.404 e. The number of allylic oxidation sites excluding steroid dienone is 3. The second kappa shape index (κ2) is 11.7. The molecule has 0 aromatic carbocycles. The van der Waals surface area contributed by atoms with Gasteiger partial charge in [0.2, 0.25) is 0 Å². The molecule has 11 heteroatoms. The first-order chi connectivity index (χ1) is 13.5. The van der Waals surface area contributed by atoms with E-state index in [0.717, 1.165) is 37.8 Å². The zero-order chi connectivity index (χ0) is 20.9. The van der Waals surface area contributed by atoms with Crippen LogP contribution < -0.4 is 21.7 Å². The molecule has 0 spiro atoms. The summed E-state index contributed by atoms with van der Waals surface area (Å²) in [6.45, 7) is 1.71. The minimum Gasteiger partial charge on any atom is -0.404 e. The molecule has 1 aliphatic rings. The van der Waals surface area contributed by atoms with E-state index in [-0.39, 0.29) is 18.0 Å². The Hall–Kier alpha value is -3.86. The first-order valence-corrected chi connectivity index (χ1v) is 8.47. The van der Waals surface area contributed by atoms with Gasteiger partial charge in [-0.1, -0.05) is 0 Å². The molecule has 0 atom stereocenters. The zero-order valence-electron chi connectivity index (χ0n) is 15.6. The molecule has 2 heterocycles. The number of nitrogens with two attached hydrogens (primary N) is 2. The number of rotatable bonds is 5. The molecule has 1 fully saturated rings. The second-order valence-corrected chi connectivity index (χ2v) is 5.70. The highest BCUT2D eigenvalue weighted by Gasteiger charge is 2.23. The van der Waals surface area contributed by atoms with Gasteiger partial charge in [-0.25, -0.2) is 15.2 Å². The zero-order valence-corrected chi connectivity index (χ0v) is 15.6. The Morgan fingerprint density at radius 1 is 1.43 bits per heavy atom. The molecule has 1 saturated heterocycles. The van der Waals surface area contributed by atoms with Gasteiger partial charge in [-0.05, 0) is 18.7 Å². The molecule has 0 saturated carbocycles. The molecular weight excluding hydrogens is 357 g/mol. The van der Waals surface area contributed by atoms with E-state index in [1.807, 2.05) is 0 Å². The van der Waals surface area contributed by atoms with E-state index in [4.69, 9.17) is 27.4 Å². The van der Waals surface area contributed by atoms with Crippen LogP contribution >= 0.6 is 0 Å². The minimum atomic E-state index is 0.0347. The molecule has 0 bridgehead atoms. The van der Waals surface area contributed by atoms with Gasteiger partial charge in [0.25, 0.3) is 6.71 Å². The van der Waals surface area contributed by atoms with E-state index in [1.54, 1.807) is 25.4 Å². The van der Waals surface area contributed by atoms with E-state index < -0.39 is 0 Å². The third-order valence-corrected chi connectivity index (χ3v) is 4.03. The Morgan fingerprint density at radius 3 is 2.54 bits per heavy atom. The van der Waals surface area contributed by atoms with Crippen molar-refractivity contribution in [3.63, 3.8) is 0 Å². The maximum Gasteiger partial charge on any atom is 0.271 e. The fourth-order valence-corrected chi connectivity index (χ4v) is 2.41. The highest BCUT2D eigenvalue weighted by molar-refractivity contribution is 6.67. The predicted octanol–water partition coefficient (Wildman–Crippen LogP) is -0.0981. The van der Waals surface area contributed by atoms with Crippen molar-refractivity contribution in [1.29, 1.82) is 15.9 Å². The Morgan fingerprint density at radius 2 is 2.11 bits per heavy atom. The maximum atomic E-state index is 10.8. The number of nitriles is 2. The average molecular weight is 379 g/mol. The first-order valence-electron chi connectivity index (χ1n) is 8.47. The van der Waals surface area contributed by atoms with Crippen molar-refractivity contribution < 1.29 is 4.79 Å². The lowest BCUT2D eigenvalue weighted by Crippen LogP contribution is -2.37. The van der Waals surface area contributed by atoms with Gasteiger partial charge >= 0.3 is 0 Å². The van der Waals surface area contributed by atoms with Gasteiger partial charge in [0.1, 0.15) is 17.6 Å². The molecule has 0 radical (unpaired) electrons. The summed E-state index contributed by atoms with van der Waals surface area (Å²) in [5, 5.41) is 26.4. The maximum absolute atomic E-state index is 10.8. The molecule has 0 amide bonds. The van der Waals surface area contributed by atoms with Crippen LogP contribution in [-0.4, -0.2) is 49.3 Å². The van der Waals surface area contributed by atoms with Crippen LogP contribution in [0.4, 0.5) is 5.82 Å². The summed E-state index contributed by atoms with van der Waals surface area (Å²) in [5.74, 6) is 3.39. The summed E-state index contributed by atoms with van der Waals surface area (Å²) in [5.41, 5.74) is 11.2. The Bertz CT molecular complexity index is 830. The molecule has 144 valence electrons. The van der Waals surface area contributed by atoms with E-state index in [0.29, 0.717) is 17.8 Å². The summed E-state index contributed by atoms with van der Waals surface area (Å²) in [6, 6.07) is 3.51. The van der Waals surface area contributed by atoms with E-state index in [9.17, 15) is 4.79 Å². The minimum absolute atomic E-state index is 0.0347.